The zero-order valence-electron chi connectivity index (χ0n) is 11.3. The lowest BCUT2D eigenvalue weighted by molar-refractivity contribution is -0.0748. The van der Waals surface area contributed by atoms with Gasteiger partial charge in [0.2, 0.25) is 0 Å². The summed E-state index contributed by atoms with van der Waals surface area (Å²) in [5, 5.41) is 3.46. The van der Waals surface area contributed by atoms with Crippen LogP contribution in [-0.4, -0.2) is 24.8 Å². The molecule has 0 bridgehead atoms. The summed E-state index contributed by atoms with van der Waals surface area (Å²) in [6.07, 6.45) is 9.71. The molecule has 0 aromatic rings. The van der Waals surface area contributed by atoms with E-state index in [2.05, 4.69) is 26.1 Å². The van der Waals surface area contributed by atoms with Crippen LogP contribution in [0.5, 0.6) is 0 Å². The molecule has 1 rings (SSSR count). The summed E-state index contributed by atoms with van der Waals surface area (Å²) in [4.78, 5) is 0. The molecule has 1 saturated carbocycles. The maximum atomic E-state index is 6.24. The second-order valence-corrected chi connectivity index (χ2v) is 5.67. The van der Waals surface area contributed by atoms with Gasteiger partial charge in [0.15, 0.2) is 0 Å². The summed E-state index contributed by atoms with van der Waals surface area (Å²) in [6, 6.07) is 0. The van der Waals surface area contributed by atoms with E-state index in [0.29, 0.717) is 6.10 Å². The Morgan fingerprint density at radius 1 is 1.12 bits per heavy atom. The number of ether oxygens (including phenoxy) is 1. The standard InChI is InChI=1S/C14H29NO/c1-4-11-15-12-14(2,3)16-13-9-7-5-6-8-10-13/h13,15H,4-12H2,1-3H3. The Morgan fingerprint density at radius 2 is 1.75 bits per heavy atom. The van der Waals surface area contributed by atoms with Crippen LogP contribution in [0.15, 0.2) is 0 Å². The molecule has 0 amide bonds. The predicted molar refractivity (Wildman–Crippen MR) is 69.8 cm³/mol. The van der Waals surface area contributed by atoms with Gasteiger partial charge in [-0.15, -0.1) is 0 Å². The van der Waals surface area contributed by atoms with Crippen molar-refractivity contribution < 1.29 is 4.74 Å². The molecule has 0 atom stereocenters. The molecule has 2 heteroatoms. The molecule has 96 valence electrons. The molecule has 0 heterocycles. The highest BCUT2D eigenvalue weighted by Crippen LogP contribution is 2.23. The molecular formula is C14H29NO. The average molecular weight is 227 g/mol. The number of rotatable bonds is 6. The van der Waals surface area contributed by atoms with Crippen molar-refractivity contribution in [3.8, 4) is 0 Å². The van der Waals surface area contributed by atoms with Crippen LogP contribution in [0.2, 0.25) is 0 Å². The van der Waals surface area contributed by atoms with Crippen molar-refractivity contribution in [1.82, 2.24) is 5.32 Å². The van der Waals surface area contributed by atoms with E-state index >= 15 is 0 Å². The van der Waals surface area contributed by atoms with Gasteiger partial charge in [-0.1, -0.05) is 32.6 Å². The zero-order chi connectivity index (χ0) is 11.9. The molecule has 1 fully saturated rings. The van der Waals surface area contributed by atoms with Gasteiger partial charge in [-0.3, -0.25) is 0 Å². The molecule has 0 radical (unpaired) electrons. The van der Waals surface area contributed by atoms with Crippen LogP contribution in [-0.2, 0) is 4.74 Å². The summed E-state index contributed by atoms with van der Waals surface area (Å²) in [5.41, 5.74) is -0.00975. The van der Waals surface area contributed by atoms with Crippen molar-refractivity contribution in [2.24, 2.45) is 0 Å². The first-order valence-corrected chi connectivity index (χ1v) is 7.02. The van der Waals surface area contributed by atoms with E-state index in [1.54, 1.807) is 0 Å². The van der Waals surface area contributed by atoms with Gasteiger partial charge in [0, 0.05) is 6.54 Å². The van der Waals surface area contributed by atoms with Gasteiger partial charge in [-0.25, -0.2) is 0 Å². The van der Waals surface area contributed by atoms with Crippen LogP contribution < -0.4 is 5.32 Å². The molecule has 0 aliphatic heterocycles. The second kappa shape index (κ2) is 7.29. The van der Waals surface area contributed by atoms with E-state index in [9.17, 15) is 0 Å². The topological polar surface area (TPSA) is 21.3 Å². The van der Waals surface area contributed by atoms with E-state index < -0.39 is 0 Å². The molecular weight excluding hydrogens is 198 g/mol. The minimum Gasteiger partial charge on any atom is -0.371 e. The number of hydrogen-bond donors (Lipinski definition) is 1. The summed E-state index contributed by atoms with van der Waals surface area (Å²) in [7, 11) is 0. The minimum absolute atomic E-state index is 0.00975. The molecule has 2 nitrogen and oxygen atoms in total. The van der Waals surface area contributed by atoms with Gasteiger partial charge >= 0.3 is 0 Å². The molecule has 0 aromatic carbocycles. The maximum Gasteiger partial charge on any atom is 0.0754 e. The van der Waals surface area contributed by atoms with Crippen LogP contribution in [0.1, 0.15) is 65.7 Å². The third kappa shape index (κ3) is 5.86. The Labute approximate surface area is 101 Å². The van der Waals surface area contributed by atoms with Gasteiger partial charge in [0.05, 0.1) is 11.7 Å². The van der Waals surface area contributed by atoms with E-state index in [1.165, 1.54) is 44.9 Å². The van der Waals surface area contributed by atoms with Gasteiger partial charge < -0.3 is 10.1 Å². The largest absolute Gasteiger partial charge is 0.371 e. The Morgan fingerprint density at radius 3 is 2.31 bits per heavy atom. The second-order valence-electron chi connectivity index (χ2n) is 5.67. The zero-order valence-corrected chi connectivity index (χ0v) is 11.3. The van der Waals surface area contributed by atoms with E-state index in [4.69, 9.17) is 4.74 Å². The van der Waals surface area contributed by atoms with Crippen LogP contribution in [0.25, 0.3) is 0 Å². The Kier molecular flexibility index (Phi) is 6.37. The third-order valence-corrected chi connectivity index (χ3v) is 3.27. The molecule has 1 aliphatic carbocycles. The van der Waals surface area contributed by atoms with E-state index in [-0.39, 0.29) is 5.60 Å². The van der Waals surface area contributed by atoms with Crippen molar-refractivity contribution >= 4 is 0 Å². The molecule has 0 unspecified atom stereocenters. The molecule has 1 N–H and O–H groups in total. The summed E-state index contributed by atoms with van der Waals surface area (Å²) >= 11 is 0. The van der Waals surface area contributed by atoms with Crippen molar-refractivity contribution in [3.05, 3.63) is 0 Å². The lowest BCUT2D eigenvalue weighted by Crippen LogP contribution is -2.40. The van der Waals surface area contributed by atoms with Crippen molar-refractivity contribution in [2.75, 3.05) is 13.1 Å². The Bertz CT molecular complexity index is 172. The van der Waals surface area contributed by atoms with E-state index in [0.717, 1.165) is 13.1 Å². The first kappa shape index (κ1) is 14.0. The molecule has 0 saturated heterocycles. The van der Waals surface area contributed by atoms with Crippen LogP contribution in [0.4, 0.5) is 0 Å². The maximum absolute atomic E-state index is 6.24. The quantitative estimate of drug-likeness (QED) is 0.554. The number of nitrogens with one attached hydrogen (secondary N) is 1. The van der Waals surface area contributed by atoms with Crippen LogP contribution >= 0.6 is 0 Å². The smallest absolute Gasteiger partial charge is 0.0754 e. The fraction of sp³-hybridized carbons (Fsp3) is 1.00. The lowest BCUT2D eigenvalue weighted by atomic mass is 10.1. The van der Waals surface area contributed by atoms with E-state index in [1.807, 2.05) is 0 Å². The average Bonchev–Trinajstić information content (AvgIpc) is 2.46. The van der Waals surface area contributed by atoms with Crippen molar-refractivity contribution in [3.63, 3.8) is 0 Å². The SMILES string of the molecule is CCCNCC(C)(C)OC1CCCCCC1. The first-order chi connectivity index (χ1) is 7.64. The van der Waals surface area contributed by atoms with Crippen LogP contribution in [0, 0.1) is 0 Å². The molecule has 0 aromatic heterocycles. The molecule has 0 spiro atoms. The number of hydrogen-bond acceptors (Lipinski definition) is 2. The fourth-order valence-corrected chi connectivity index (χ4v) is 2.42. The Balaban J connectivity index is 2.26. The summed E-state index contributed by atoms with van der Waals surface area (Å²) in [5.74, 6) is 0. The first-order valence-electron chi connectivity index (χ1n) is 7.02. The molecule has 1 aliphatic rings. The summed E-state index contributed by atoms with van der Waals surface area (Å²) in [6.45, 7) is 8.68. The monoisotopic (exact) mass is 227 g/mol. The lowest BCUT2D eigenvalue weighted by Gasteiger charge is -2.31. The van der Waals surface area contributed by atoms with Crippen molar-refractivity contribution in [2.45, 2.75) is 77.4 Å². The van der Waals surface area contributed by atoms with Gasteiger partial charge in [-0.05, 0) is 39.7 Å². The van der Waals surface area contributed by atoms with Crippen molar-refractivity contribution in [1.29, 1.82) is 0 Å². The predicted octanol–water partition coefficient (Wildman–Crippen LogP) is 3.50. The highest BCUT2D eigenvalue weighted by molar-refractivity contribution is 4.76. The summed E-state index contributed by atoms with van der Waals surface area (Å²) < 4.78 is 6.24. The molecule has 16 heavy (non-hydrogen) atoms. The van der Waals surface area contributed by atoms with Gasteiger partial charge in [0.25, 0.3) is 0 Å². The minimum atomic E-state index is -0.00975. The highest BCUT2D eigenvalue weighted by atomic mass is 16.5. The van der Waals surface area contributed by atoms with Gasteiger partial charge in [-0.2, -0.15) is 0 Å². The third-order valence-electron chi connectivity index (χ3n) is 3.27. The Hall–Kier alpha value is -0.0800. The normalized spacial score (nSPS) is 19.7. The van der Waals surface area contributed by atoms with Crippen LogP contribution in [0.3, 0.4) is 0 Å². The fourth-order valence-electron chi connectivity index (χ4n) is 2.42. The highest BCUT2D eigenvalue weighted by Gasteiger charge is 2.23. The van der Waals surface area contributed by atoms with Gasteiger partial charge in [0.1, 0.15) is 0 Å².